The van der Waals surface area contributed by atoms with Crippen LogP contribution in [0.25, 0.3) is 11.0 Å². The minimum absolute atomic E-state index is 0.109. The van der Waals surface area contributed by atoms with Crippen molar-refractivity contribution < 1.29 is 17.9 Å². The number of hydrogen-bond donors (Lipinski definition) is 1. The first-order valence-corrected chi connectivity index (χ1v) is 12.5. The number of carbonyl (C=O) groups excluding carboxylic acids is 1. The maximum Gasteiger partial charge on any atom is 0.243 e. The molecule has 0 spiro atoms. The number of carbonyl (C=O) groups is 1. The standard InChI is InChI=1S/C23H29N5O4S/c1-16(2)28-21-11-10-19(14-20(21)25-26-28)33(30,31)27-12-5-4-9-22(27)23(29)24-15-17-7-6-8-18(13-17)32-3/h6-8,10-11,13-14,16,22H,4-5,9,12,15H2,1-3H3,(H,24,29). The predicted octanol–water partition coefficient (Wildman–Crippen LogP) is 2.88. The van der Waals surface area contributed by atoms with Crippen LogP contribution in [0.15, 0.2) is 47.4 Å². The SMILES string of the molecule is COc1cccc(CNC(=O)C2CCCCN2S(=O)(=O)c2ccc3c(c2)nnn3C(C)C)c1. The van der Waals surface area contributed by atoms with Crippen LogP contribution in [-0.2, 0) is 21.4 Å². The van der Waals surface area contributed by atoms with Crippen molar-refractivity contribution in [3.63, 3.8) is 0 Å². The van der Waals surface area contributed by atoms with Gasteiger partial charge in [-0.05, 0) is 62.6 Å². The third-order valence-electron chi connectivity index (χ3n) is 5.90. The molecule has 176 valence electrons. The molecule has 1 aliphatic rings. The molecule has 1 aliphatic heterocycles. The summed E-state index contributed by atoms with van der Waals surface area (Å²) in [6.07, 6.45) is 1.99. The van der Waals surface area contributed by atoms with Crippen LogP contribution in [0.2, 0.25) is 0 Å². The average molecular weight is 472 g/mol. The van der Waals surface area contributed by atoms with E-state index < -0.39 is 16.1 Å². The van der Waals surface area contributed by atoms with Gasteiger partial charge < -0.3 is 10.1 Å². The number of ether oxygens (including phenoxy) is 1. The van der Waals surface area contributed by atoms with Gasteiger partial charge in [-0.2, -0.15) is 4.31 Å². The predicted molar refractivity (Wildman–Crippen MR) is 124 cm³/mol. The van der Waals surface area contributed by atoms with Gasteiger partial charge in [-0.15, -0.1) is 5.10 Å². The molecule has 1 saturated heterocycles. The van der Waals surface area contributed by atoms with Crippen molar-refractivity contribution in [2.75, 3.05) is 13.7 Å². The largest absolute Gasteiger partial charge is 0.497 e. The van der Waals surface area contributed by atoms with Crippen molar-refractivity contribution in [1.29, 1.82) is 0 Å². The number of amides is 1. The number of benzene rings is 2. The van der Waals surface area contributed by atoms with E-state index in [2.05, 4.69) is 15.6 Å². The van der Waals surface area contributed by atoms with E-state index in [0.717, 1.165) is 17.5 Å². The molecule has 0 radical (unpaired) electrons. The summed E-state index contributed by atoms with van der Waals surface area (Å²) < 4.78 is 35.3. The van der Waals surface area contributed by atoms with Gasteiger partial charge in [-0.3, -0.25) is 4.79 Å². The zero-order valence-electron chi connectivity index (χ0n) is 19.1. The van der Waals surface area contributed by atoms with Crippen molar-refractivity contribution in [3.8, 4) is 5.75 Å². The highest BCUT2D eigenvalue weighted by Crippen LogP contribution is 2.28. The van der Waals surface area contributed by atoms with Gasteiger partial charge in [0.1, 0.15) is 17.3 Å². The Morgan fingerprint density at radius 1 is 1.21 bits per heavy atom. The normalized spacial score (nSPS) is 17.4. The highest BCUT2D eigenvalue weighted by atomic mass is 32.2. The maximum atomic E-state index is 13.5. The Balaban J connectivity index is 1.55. The van der Waals surface area contributed by atoms with Crippen LogP contribution >= 0.6 is 0 Å². The highest BCUT2D eigenvalue weighted by molar-refractivity contribution is 7.89. The Labute approximate surface area is 193 Å². The van der Waals surface area contributed by atoms with Gasteiger partial charge in [0, 0.05) is 19.1 Å². The van der Waals surface area contributed by atoms with Crippen molar-refractivity contribution >= 4 is 27.0 Å². The van der Waals surface area contributed by atoms with Crippen LogP contribution in [-0.4, -0.2) is 53.3 Å². The van der Waals surface area contributed by atoms with E-state index in [-0.39, 0.29) is 16.8 Å². The Morgan fingerprint density at radius 2 is 2.03 bits per heavy atom. The van der Waals surface area contributed by atoms with Crippen LogP contribution < -0.4 is 10.1 Å². The second kappa shape index (κ2) is 9.48. The van der Waals surface area contributed by atoms with Crippen molar-refractivity contribution in [2.45, 2.75) is 56.6 Å². The number of nitrogens with one attached hydrogen (secondary N) is 1. The lowest BCUT2D eigenvalue weighted by atomic mass is 10.0. The molecule has 1 aromatic heterocycles. The second-order valence-corrected chi connectivity index (χ2v) is 10.4. The summed E-state index contributed by atoms with van der Waals surface area (Å²) in [4.78, 5) is 13.2. The summed E-state index contributed by atoms with van der Waals surface area (Å²) in [5, 5.41) is 11.1. The number of fused-ring (bicyclic) bond motifs is 1. The summed E-state index contributed by atoms with van der Waals surface area (Å²) >= 11 is 0. The summed E-state index contributed by atoms with van der Waals surface area (Å²) in [5.41, 5.74) is 2.17. The molecule has 1 atom stereocenters. The van der Waals surface area contributed by atoms with Crippen LogP contribution in [0.4, 0.5) is 0 Å². The molecule has 1 N–H and O–H groups in total. The molecule has 9 nitrogen and oxygen atoms in total. The van der Waals surface area contributed by atoms with E-state index >= 15 is 0 Å². The molecular weight excluding hydrogens is 442 g/mol. The van der Waals surface area contributed by atoms with Crippen molar-refractivity contribution in [1.82, 2.24) is 24.6 Å². The molecule has 1 fully saturated rings. The first-order valence-electron chi connectivity index (χ1n) is 11.1. The second-order valence-electron chi connectivity index (χ2n) is 8.47. The number of hydrogen-bond acceptors (Lipinski definition) is 6. The number of piperidine rings is 1. The van der Waals surface area contributed by atoms with E-state index in [4.69, 9.17) is 4.74 Å². The molecule has 33 heavy (non-hydrogen) atoms. The maximum absolute atomic E-state index is 13.5. The number of rotatable bonds is 7. The number of nitrogens with zero attached hydrogens (tertiary/aromatic N) is 4. The summed E-state index contributed by atoms with van der Waals surface area (Å²) in [5.74, 6) is 0.404. The zero-order chi connectivity index (χ0) is 23.6. The molecule has 2 aromatic carbocycles. The lowest BCUT2D eigenvalue weighted by Gasteiger charge is -2.33. The van der Waals surface area contributed by atoms with Crippen molar-refractivity contribution in [3.05, 3.63) is 48.0 Å². The fourth-order valence-electron chi connectivity index (χ4n) is 4.14. The zero-order valence-corrected chi connectivity index (χ0v) is 19.9. The number of methoxy groups -OCH3 is 1. The molecule has 4 rings (SSSR count). The lowest BCUT2D eigenvalue weighted by Crippen LogP contribution is -2.51. The Kier molecular flexibility index (Phi) is 6.66. The topological polar surface area (TPSA) is 106 Å². The summed E-state index contributed by atoms with van der Waals surface area (Å²) in [6.45, 7) is 4.57. The van der Waals surface area contributed by atoms with Gasteiger partial charge in [0.2, 0.25) is 15.9 Å². The van der Waals surface area contributed by atoms with Gasteiger partial charge in [0.05, 0.1) is 17.5 Å². The van der Waals surface area contributed by atoms with Gasteiger partial charge >= 0.3 is 0 Å². The van der Waals surface area contributed by atoms with Crippen LogP contribution in [0.5, 0.6) is 5.75 Å². The average Bonchev–Trinajstić information content (AvgIpc) is 3.26. The van der Waals surface area contributed by atoms with Crippen LogP contribution in [0.1, 0.15) is 44.7 Å². The molecule has 0 saturated carbocycles. The summed E-state index contributed by atoms with van der Waals surface area (Å²) in [7, 11) is -2.29. The molecular formula is C23H29N5O4S. The van der Waals surface area contributed by atoms with Gasteiger partial charge in [-0.25, -0.2) is 13.1 Å². The van der Waals surface area contributed by atoms with Crippen LogP contribution in [0, 0.1) is 0 Å². The lowest BCUT2D eigenvalue weighted by molar-refractivity contribution is -0.125. The van der Waals surface area contributed by atoms with E-state index in [9.17, 15) is 13.2 Å². The first-order chi connectivity index (χ1) is 15.8. The molecule has 10 heteroatoms. The third-order valence-corrected chi connectivity index (χ3v) is 7.80. The number of sulfonamides is 1. The van der Waals surface area contributed by atoms with E-state index in [0.29, 0.717) is 37.2 Å². The molecule has 1 unspecified atom stereocenters. The van der Waals surface area contributed by atoms with Crippen molar-refractivity contribution in [2.24, 2.45) is 0 Å². The fourth-order valence-corrected chi connectivity index (χ4v) is 5.82. The first kappa shape index (κ1) is 23.2. The molecule has 3 aromatic rings. The summed E-state index contributed by atoms with van der Waals surface area (Å²) in [6, 6.07) is 11.6. The van der Waals surface area contributed by atoms with E-state index in [1.54, 1.807) is 23.9 Å². The van der Waals surface area contributed by atoms with Gasteiger partial charge in [0.25, 0.3) is 0 Å². The number of aromatic nitrogens is 3. The van der Waals surface area contributed by atoms with E-state index in [1.165, 1.54) is 10.4 Å². The third kappa shape index (κ3) is 4.72. The van der Waals surface area contributed by atoms with E-state index in [1.807, 2.05) is 38.1 Å². The minimum atomic E-state index is -3.88. The fraction of sp³-hybridized carbons (Fsp3) is 0.435. The van der Waals surface area contributed by atoms with Gasteiger partial charge in [0.15, 0.2) is 0 Å². The quantitative estimate of drug-likeness (QED) is 0.568. The Bertz CT molecular complexity index is 1250. The van der Waals surface area contributed by atoms with Gasteiger partial charge in [-0.1, -0.05) is 23.8 Å². The molecule has 1 amide bonds. The molecule has 2 heterocycles. The Morgan fingerprint density at radius 3 is 2.79 bits per heavy atom. The molecule has 0 bridgehead atoms. The minimum Gasteiger partial charge on any atom is -0.497 e. The monoisotopic (exact) mass is 471 g/mol. The highest BCUT2D eigenvalue weighted by Gasteiger charge is 2.37. The Hall–Kier alpha value is -2.98. The van der Waals surface area contributed by atoms with Crippen LogP contribution in [0.3, 0.4) is 0 Å². The molecule has 0 aliphatic carbocycles. The smallest absolute Gasteiger partial charge is 0.243 e.